The lowest BCUT2D eigenvalue weighted by Crippen LogP contribution is -2.88. The minimum Gasteiger partial charge on any atom is -0.332 e. The molecule has 0 aliphatic heterocycles. The lowest BCUT2D eigenvalue weighted by Gasteiger charge is -2.19. The second kappa shape index (κ2) is 8.61. The van der Waals surface area contributed by atoms with E-state index in [-0.39, 0.29) is 30.2 Å². The summed E-state index contributed by atoms with van der Waals surface area (Å²) in [6.07, 6.45) is 0. The van der Waals surface area contributed by atoms with Crippen molar-refractivity contribution in [1.82, 2.24) is 0 Å². The van der Waals surface area contributed by atoms with Crippen molar-refractivity contribution in [3.05, 3.63) is 64.4 Å². The number of benzene rings is 2. The van der Waals surface area contributed by atoms with Gasteiger partial charge in [0.15, 0.2) is 6.54 Å². The van der Waals surface area contributed by atoms with Crippen LogP contribution in [0.15, 0.2) is 42.5 Å². The molecule has 0 aromatic heterocycles. The Morgan fingerprint density at radius 2 is 1.96 bits per heavy atom. The fourth-order valence-corrected chi connectivity index (χ4v) is 2.80. The largest absolute Gasteiger partial charge is 0.332 e. The van der Waals surface area contributed by atoms with Crippen LogP contribution in [-0.4, -0.2) is 12.5 Å². The maximum Gasteiger partial charge on any atom is 0.279 e. The average molecular weight is 361 g/mol. The van der Waals surface area contributed by atoms with Crippen LogP contribution in [-0.2, 0) is 4.79 Å². The highest BCUT2D eigenvalue weighted by atomic mass is 35.5. The van der Waals surface area contributed by atoms with Crippen molar-refractivity contribution >= 4 is 23.2 Å². The fourth-order valence-electron chi connectivity index (χ4n) is 2.63. The number of quaternary nitrogens is 1. The van der Waals surface area contributed by atoms with E-state index in [1.165, 1.54) is 12.1 Å². The van der Waals surface area contributed by atoms with Gasteiger partial charge in [-0.2, -0.15) is 5.26 Å². The van der Waals surface area contributed by atoms with Gasteiger partial charge in [0.05, 0.1) is 11.3 Å². The van der Waals surface area contributed by atoms with Crippen LogP contribution in [0.3, 0.4) is 0 Å². The Labute approximate surface area is 151 Å². The Morgan fingerprint density at radius 1 is 1.28 bits per heavy atom. The molecule has 0 heterocycles. The topological polar surface area (TPSA) is 69.5 Å². The molecule has 2 aromatic carbocycles. The summed E-state index contributed by atoms with van der Waals surface area (Å²) >= 11 is 5.92. The van der Waals surface area contributed by atoms with E-state index in [1.807, 2.05) is 25.2 Å². The van der Waals surface area contributed by atoms with Crippen LogP contribution in [0.2, 0.25) is 5.02 Å². The first-order chi connectivity index (χ1) is 11.9. The van der Waals surface area contributed by atoms with Crippen molar-refractivity contribution in [2.24, 2.45) is 5.92 Å². The van der Waals surface area contributed by atoms with Crippen molar-refractivity contribution < 1.29 is 14.5 Å². The number of nitriles is 1. The van der Waals surface area contributed by atoms with Gasteiger partial charge < -0.3 is 10.6 Å². The van der Waals surface area contributed by atoms with Crippen LogP contribution < -0.4 is 10.6 Å². The maximum atomic E-state index is 13.1. The first kappa shape index (κ1) is 18.9. The Bertz CT molecular complexity index is 784. The molecule has 0 bridgehead atoms. The van der Waals surface area contributed by atoms with Gasteiger partial charge in [-0.05, 0) is 30.3 Å². The monoisotopic (exact) mass is 360 g/mol. The van der Waals surface area contributed by atoms with Crippen molar-refractivity contribution in [3.8, 4) is 6.07 Å². The normalized spacial score (nSPS) is 11.8. The highest BCUT2D eigenvalue weighted by Crippen LogP contribution is 2.20. The standard InChI is InChI=1S/C19H19ClFN3O/c1-12(2)19(13-4-7-16(21)8-5-13)23-11-18(25)24-17-9-15(20)6-3-14(17)10-22/h3-9,12,19,23H,11H2,1-2H3,(H,24,25)/p+1/t19-/m1/s1. The van der Waals surface area contributed by atoms with E-state index in [0.29, 0.717) is 16.3 Å². The van der Waals surface area contributed by atoms with Gasteiger partial charge in [-0.3, -0.25) is 4.79 Å². The lowest BCUT2D eigenvalue weighted by atomic mass is 9.96. The van der Waals surface area contributed by atoms with Crippen molar-refractivity contribution in [2.45, 2.75) is 19.9 Å². The van der Waals surface area contributed by atoms with Crippen LogP contribution in [0, 0.1) is 23.1 Å². The van der Waals surface area contributed by atoms with Gasteiger partial charge in [-0.15, -0.1) is 0 Å². The zero-order valence-corrected chi connectivity index (χ0v) is 14.8. The Balaban J connectivity index is 2.03. The molecule has 0 unspecified atom stereocenters. The number of amides is 1. The summed E-state index contributed by atoms with van der Waals surface area (Å²) in [4.78, 5) is 12.2. The molecule has 0 saturated carbocycles. The average Bonchev–Trinajstić information content (AvgIpc) is 2.56. The molecule has 0 aliphatic rings. The van der Waals surface area contributed by atoms with Crippen molar-refractivity contribution in [2.75, 3.05) is 11.9 Å². The summed E-state index contributed by atoms with van der Waals surface area (Å²) in [6.45, 7) is 4.28. The first-order valence-electron chi connectivity index (χ1n) is 7.99. The van der Waals surface area contributed by atoms with E-state index in [9.17, 15) is 9.18 Å². The molecule has 0 radical (unpaired) electrons. The number of rotatable bonds is 6. The summed E-state index contributed by atoms with van der Waals surface area (Å²) in [7, 11) is 0. The molecule has 0 saturated heterocycles. The number of anilines is 1. The molecule has 0 aliphatic carbocycles. The Hall–Kier alpha value is -2.42. The number of nitrogens with one attached hydrogen (secondary N) is 1. The van der Waals surface area contributed by atoms with Crippen LogP contribution in [0.25, 0.3) is 0 Å². The van der Waals surface area contributed by atoms with E-state index < -0.39 is 0 Å². The van der Waals surface area contributed by atoms with Crippen LogP contribution in [0.5, 0.6) is 0 Å². The van der Waals surface area contributed by atoms with Gasteiger partial charge in [-0.1, -0.05) is 37.6 Å². The number of halogens is 2. The molecule has 2 rings (SSSR count). The summed E-state index contributed by atoms with van der Waals surface area (Å²) in [5.41, 5.74) is 1.72. The van der Waals surface area contributed by atoms with Gasteiger partial charge in [0.2, 0.25) is 0 Å². The third kappa shape index (κ3) is 5.28. The van der Waals surface area contributed by atoms with E-state index >= 15 is 0 Å². The molecular weight excluding hydrogens is 341 g/mol. The third-order valence-electron chi connectivity index (χ3n) is 3.91. The summed E-state index contributed by atoms with van der Waals surface area (Å²) in [5.74, 6) is -0.250. The molecule has 4 nitrogen and oxygen atoms in total. The lowest BCUT2D eigenvalue weighted by molar-refractivity contribution is -0.692. The van der Waals surface area contributed by atoms with Gasteiger partial charge in [0, 0.05) is 16.5 Å². The number of hydrogen-bond donors (Lipinski definition) is 2. The molecular formula is C19H20ClFN3O+. The molecule has 3 N–H and O–H groups in total. The summed E-state index contributed by atoms with van der Waals surface area (Å²) in [6, 6.07) is 13.1. The summed E-state index contributed by atoms with van der Waals surface area (Å²) < 4.78 is 13.1. The van der Waals surface area contributed by atoms with Gasteiger partial charge in [0.1, 0.15) is 17.9 Å². The second-order valence-electron chi connectivity index (χ2n) is 6.11. The van der Waals surface area contributed by atoms with Crippen LogP contribution >= 0.6 is 11.6 Å². The van der Waals surface area contributed by atoms with Crippen LogP contribution in [0.1, 0.15) is 31.0 Å². The first-order valence-corrected chi connectivity index (χ1v) is 8.36. The minimum absolute atomic E-state index is 0.0288. The van der Waals surface area contributed by atoms with E-state index in [1.54, 1.807) is 30.3 Å². The smallest absolute Gasteiger partial charge is 0.279 e. The second-order valence-corrected chi connectivity index (χ2v) is 6.55. The van der Waals surface area contributed by atoms with Gasteiger partial charge >= 0.3 is 0 Å². The summed E-state index contributed by atoms with van der Waals surface area (Å²) in [5, 5.41) is 14.2. The van der Waals surface area contributed by atoms with Gasteiger partial charge in [0.25, 0.3) is 5.91 Å². The van der Waals surface area contributed by atoms with Gasteiger partial charge in [-0.25, -0.2) is 4.39 Å². The molecule has 25 heavy (non-hydrogen) atoms. The van der Waals surface area contributed by atoms with E-state index in [4.69, 9.17) is 16.9 Å². The Morgan fingerprint density at radius 3 is 2.56 bits per heavy atom. The number of carbonyl (C=O) groups is 1. The van der Waals surface area contributed by atoms with Crippen LogP contribution in [0.4, 0.5) is 10.1 Å². The quantitative estimate of drug-likeness (QED) is 0.830. The maximum absolute atomic E-state index is 13.1. The molecule has 130 valence electrons. The number of nitrogens with two attached hydrogens (primary N) is 1. The third-order valence-corrected chi connectivity index (χ3v) is 4.14. The molecule has 6 heteroatoms. The van der Waals surface area contributed by atoms with E-state index in [0.717, 1.165) is 5.56 Å². The highest BCUT2D eigenvalue weighted by Gasteiger charge is 2.21. The molecule has 2 aromatic rings. The number of carbonyl (C=O) groups excluding carboxylic acids is 1. The number of nitrogens with zero attached hydrogens (tertiary/aromatic N) is 1. The van der Waals surface area contributed by atoms with Crippen molar-refractivity contribution in [1.29, 1.82) is 5.26 Å². The predicted molar refractivity (Wildman–Crippen MR) is 95.6 cm³/mol. The molecule has 1 atom stereocenters. The molecule has 0 fully saturated rings. The number of hydrogen-bond acceptors (Lipinski definition) is 2. The molecule has 1 amide bonds. The minimum atomic E-state index is -0.283. The predicted octanol–water partition coefficient (Wildman–Crippen LogP) is 3.25. The van der Waals surface area contributed by atoms with Crippen molar-refractivity contribution in [3.63, 3.8) is 0 Å². The Kier molecular flexibility index (Phi) is 6.51. The zero-order chi connectivity index (χ0) is 18.4. The van der Waals surface area contributed by atoms with E-state index in [2.05, 4.69) is 5.32 Å². The zero-order valence-electron chi connectivity index (χ0n) is 14.1. The SMILES string of the molecule is CC(C)[C@@H]([NH2+]CC(=O)Nc1cc(Cl)ccc1C#N)c1ccc(F)cc1. The molecule has 0 spiro atoms. The highest BCUT2D eigenvalue weighted by molar-refractivity contribution is 6.31. The fraction of sp³-hybridized carbons (Fsp3) is 0.263.